The molecule has 0 aliphatic heterocycles. The number of hydrogen-bond donors (Lipinski definition) is 1. The monoisotopic (exact) mass is 311 g/mol. The van der Waals surface area contributed by atoms with Gasteiger partial charge in [-0.15, -0.1) is 10.2 Å². The van der Waals surface area contributed by atoms with E-state index in [1.807, 2.05) is 0 Å². The number of esters is 1. The molecule has 2 aromatic heterocycles. The Labute approximate surface area is 123 Å². The standard InChI is InChI=1S/C12H13N3O3S2/c1-17-10(16)9-5-4-8(18-9)6-19-12-15-14-11(20-12)13-7-2-3-7/h4-5,7H,2-3,6H2,1H3,(H,13,14). The SMILES string of the molecule is COC(=O)c1ccc(CSc2nnc(NC3CC3)s2)o1. The van der Waals surface area contributed by atoms with Crippen LogP contribution in [0.15, 0.2) is 20.9 Å². The Morgan fingerprint density at radius 3 is 3.15 bits per heavy atom. The van der Waals surface area contributed by atoms with Crippen molar-refractivity contribution in [2.75, 3.05) is 12.4 Å². The van der Waals surface area contributed by atoms with E-state index in [2.05, 4.69) is 20.3 Å². The van der Waals surface area contributed by atoms with Crippen LogP contribution in [0.4, 0.5) is 5.13 Å². The Kier molecular flexibility index (Phi) is 3.93. The van der Waals surface area contributed by atoms with E-state index in [0.717, 1.165) is 9.47 Å². The van der Waals surface area contributed by atoms with E-state index in [0.29, 0.717) is 17.6 Å². The summed E-state index contributed by atoms with van der Waals surface area (Å²) in [7, 11) is 1.33. The number of carbonyl (C=O) groups excluding carboxylic acids is 1. The zero-order valence-electron chi connectivity index (χ0n) is 10.8. The average Bonchev–Trinajstić information content (AvgIpc) is 2.97. The highest BCUT2D eigenvalue weighted by Crippen LogP contribution is 2.31. The fraction of sp³-hybridized carbons (Fsp3) is 0.417. The highest BCUT2D eigenvalue weighted by Gasteiger charge is 2.22. The Morgan fingerprint density at radius 2 is 2.40 bits per heavy atom. The van der Waals surface area contributed by atoms with E-state index in [1.165, 1.54) is 43.1 Å². The summed E-state index contributed by atoms with van der Waals surface area (Å²) in [6.45, 7) is 0. The lowest BCUT2D eigenvalue weighted by Gasteiger charge is -1.95. The second-order valence-electron chi connectivity index (χ2n) is 4.34. The number of furan rings is 1. The summed E-state index contributed by atoms with van der Waals surface area (Å²) < 4.78 is 10.9. The smallest absolute Gasteiger partial charge is 0.373 e. The molecule has 8 heteroatoms. The summed E-state index contributed by atoms with van der Waals surface area (Å²) in [4.78, 5) is 11.3. The molecule has 0 bridgehead atoms. The first-order chi connectivity index (χ1) is 9.74. The van der Waals surface area contributed by atoms with Crippen molar-refractivity contribution in [3.05, 3.63) is 23.7 Å². The van der Waals surface area contributed by atoms with Crippen molar-refractivity contribution in [2.45, 2.75) is 29.0 Å². The molecule has 6 nitrogen and oxygen atoms in total. The van der Waals surface area contributed by atoms with E-state index in [-0.39, 0.29) is 5.76 Å². The molecular formula is C12H13N3O3S2. The summed E-state index contributed by atoms with van der Waals surface area (Å²) in [5.41, 5.74) is 0. The van der Waals surface area contributed by atoms with Crippen LogP contribution in [-0.2, 0) is 10.5 Å². The largest absolute Gasteiger partial charge is 0.463 e. The van der Waals surface area contributed by atoms with Crippen molar-refractivity contribution >= 4 is 34.2 Å². The van der Waals surface area contributed by atoms with Gasteiger partial charge in [-0.25, -0.2) is 4.79 Å². The molecule has 106 valence electrons. The number of ether oxygens (including phenoxy) is 1. The van der Waals surface area contributed by atoms with Gasteiger partial charge in [0.2, 0.25) is 10.9 Å². The lowest BCUT2D eigenvalue weighted by Crippen LogP contribution is -1.99. The van der Waals surface area contributed by atoms with Gasteiger partial charge >= 0.3 is 5.97 Å². The number of nitrogens with zero attached hydrogens (tertiary/aromatic N) is 2. The molecule has 2 aromatic rings. The average molecular weight is 311 g/mol. The molecule has 0 amide bonds. The molecule has 0 unspecified atom stereocenters. The maximum atomic E-state index is 11.3. The predicted molar refractivity (Wildman–Crippen MR) is 76.2 cm³/mol. The van der Waals surface area contributed by atoms with Crippen LogP contribution in [0.2, 0.25) is 0 Å². The van der Waals surface area contributed by atoms with E-state index in [9.17, 15) is 4.79 Å². The molecule has 1 N–H and O–H groups in total. The topological polar surface area (TPSA) is 77.2 Å². The molecular weight excluding hydrogens is 298 g/mol. The summed E-state index contributed by atoms with van der Waals surface area (Å²) in [6.07, 6.45) is 2.43. The van der Waals surface area contributed by atoms with E-state index in [1.54, 1.807) is 12.1 Å². The number of rotatable bonds is 6. The zero-order valence-corrected chi connectivity index (χ0v) is 12.4. The molecule has 0 atom stereocenters. The van der Waals surface area contributed by atoms with Crippen molar-refractivity contribution < 1.29 is 13.9 Å². The lowest BCUT2D eigenvalue weighted by molar-refractivity contribution is 0.0563. The molecule has 1 aliphatic carbocycles. The maximum absolute atomic E-state index is 11.3. The van der Waals surface area contributed by atoms with Crippen LogP contribution >= 0.6 is 23.1 Å². The van der Waals surface area contributed by atoms with Crippen LogP contribution in [-0.4, -0.2) is 29.3 Å². The van der Waals surface area contributed by atoms with E-state index in [4.69, 9.17) is 4.42 Å². The van der Waals surface area contributed by atoms with Crippen molar-refractivity contribution in [2.24, 2.45) is 0 Å². The van der Waals surface area contributed by atoms with Crippen LogP contribution in [0.1, 0.15) is 29.2 Å². The second kappa shape index (κ2) is 5.84. The van der Waals surface area contributed by atoms with E-state index < -0.39 is 5.97 Å². The Morgan fingerprint density at radius 1 is 1.55 bits per heavy atom. The van der Waals surface area contributed by atoms with Gasteiger partial charge in [0, 0.05) is 6.04 Å². The normalized spacial score (nSPS) is 14.2. The second-order valence-corrected chi connectivity index (χ2v) is 6.54. The van der Waals surface area contributed by atoms with Crippen LogP contribution in [0.5, 0.6) is 0 Å². The van der Waals surface area contributed by atoms with Gasteiger partial charge in [-0.1, -0.05) is 23.1 Å². The Bertz CT molecular complexity index is 607. The van der Waals surface area contributed by atoms with E-state index >= 15 is 0 Å². The molecule has 3 rings (SSSR count). The summed E-state index contributed by atoms with van der Waals surface area (Å²) >= 11 is 3.07. The zero-order chi connectivity index (χ0) is 13.9. The van der Waals surface area contributed by atoms with Gasteiger partial charge in [0.1, 0.15) is 5.76 Å². The molecule has 1 fully saturated rings. The van der Waals surface area contributed by atoms with Crippen molar-refractivity contribution in [3.8, 4) is 0 Å². The lowest BCUT2D eigenvalue weighted by atomic mass is 10.4. The number of aromatic nitrogens is 2. The van der Waals surface area contributed by atoms with Gasteiger partial charge in [-0.2, -0.15) is 0 Å². The first-order valence-corrected chi connectivity index (χ1v) is 7.94. The maximum Gasteiger partial charge on any atom is 0.373 e. The van der Waals surface area contributed by atoms with Gasteiger partial charge < -0.3 is 14.5 Å². The van der Waals surface area contributed by atoms with Crippen molar-refractivity contribution in [1.29, 1.82) is 0 Å². The minimum atomic E-state index is -0.465. The van der Waals surface area contributed by atoms with Gasteiger partial charge in [-0.3, -0.25) is 0 Å². The number of methoxy groups -OCH3 is 1. The third kappa shape index (κ3) is 3.31. The van der Waals surface area contributed by atoms with Crippen molar-refractivity contribution in [1.82, 2.24) is 10.2 Å². The minimum absolute atomic E-state index is 0.219. The summed E-state index contributed by atoms with van der Waals surface area (Å²) in [5, 5.41) is 12.4. The minimum Gasteiger partial charge on any atom is -0.463 e. The number of thioether (sulfide) groups is 1. The molecule has 0 radical (unpaired) electrons. The molecule has 1 aliphatic rings. The number of nitrogens with one attached hydrogen (secondary N) is 1. The Hall–Kier alpha value is -1.54. The molecule has 2 heterocycles. The van der Waals surface area contributed by atoms with Gasteiger partial charge in [0.05, 0.1) is 12.9 Å². The molecule has 20 heavy (non-hydrogen) atoms. The predicted octanol–water partition coefficient (Wildman–Crippen LogP) is 2.78. The summed E-state index contributed by atoms with van der Waals surface area (Å²) in [6, 6.07) is 3.96. The van der Waals surface area contributed by atoms with Gasteiger partial charge in [-0.05, 0) is 25.0 Å². The molecule has 0 spiro atoms. The summed E-state index contributed by atoms with van der Waals surface area (Å²) in [5.74, 6) is 1.07. The number of carbonyl (C=O) groups is 1. The fourth-order valence-electron chi connectivity index (χ4n) is 1.53. The quantitative estimate of drug-likeness (QED) is 0.649. The van der Waals surface area contributed by atoms with Crippen molar-refractivity contribution in [3.63, 3.8) is 0 Å². The highest BCUT2D eigenvalue weighted by atomic mass is 32.2. The first kappa shape index (κ1) is 13.4. The number of anilines is 1. The van der Waals surface area contributed by atoms with Crippen LogP contribution in [0, 0.1) is 0 Å². The van der Waals surface area contributed by atoms with Crippen LogP contribution < -0.4 is 5.32 Å². The van der Waals surface area contributed by atoms with Gasteiger partial charge in [0.15, 0.2) is 4.34 Å². The first-order valence-electron chi connectivity index (χ1n) is 6.14. The highest BCUT2D eigenvalue weighted by molar-refractivity contribution is 8.00. The third-order valence-corrected chi connectivity index (χ3v) is 4.71. The fourth-order valence-corrected chi connectivity index (χ4v) is 3.25. The Balaban J connectivity index is 1.54. The van der Waals surface area contributed by atoms with Gasteiger partial charge in [0.25, 0.3) is 0 Å². The third-order valence-electron chi connectivity index (χ3n) is 2.70. The van der Waals surface area contributed by atoms with Crippen LogP contribution in [0.3, 0.4) is 0 Å². The molecule has 0 saturated heterocycles. The number of hydrogen-bond acceptors (Lipinski definition) is 8. The van der Waals surface area contributed by atoms with Crippen LogP contribution in [0.25, 0.3) is 0 Å². The molecule has 0 aromatic carbocycles. The molecule has 1 saturated carbocycles.